The van der Waals surface area contributed by atoms with E-state index < -0.39 is 22.0 Å². The average Bonchev–Trinajstić information content (AvgIpc) is 3.10. The first-order chi connectivity index (χ1) is 14.2. The number of rotatable bonds is 5. The minimum atomic E-state index is -3.81. The minimum absolute atomic E-state index is 0.162. The summed E-state index contributed by atoms with van der Waals surface area (Å²) in [6.45, 7) is 1.52. The standard InChI is InChI=1S/C22H20Cl2N2O3S/c1-13(26(30(2,28)29)20-12-16(23)9-10-18(20)24)22(27)25-19-11-8-15-7-6-14-4-3-5-17(19)21(14)15/h3-5,8-13H,6-7H2,1-2H3,(H,25,27). The topological polar surface area (TPSA) is 66.5 Å². The second-order valence-electron chi connectivity index (χ2n) is 7.43. The zero-order valence-electron chi connectivity index (χ0n) is 16.4. The number of hydrogen-bond acceptors (Lipinski definition) is 3. The van der Waals surface area contributed by atoms with Crippen molar-refractivity contribution in [2.45, 2.75) is 25.8 Å². The lowest BCUT2D eigenvalue weighted by atomic mass is 10.0. The Labute approximate surface area is 185 Å². The van der Waals surface area contributed by atoms with E-state index in [2.05, 4.69) is 11.4 Å². The first-order valence-electron chi connectivity index (χ1n) is 9.45. The zero-order chi connectivity index (χ0) is 21.6. The molecule has 156 valence electrons. The molecular weight excluding hydrogens is 443 g/mol. The van der Waals surface area contributed by atoms with Crippen LogP contribution >= 0.6 is 23.2 Å². The van der Waals surface area contributed by atoms with Crippen LogP contribution in [0, 0.1) is 0 Å². The van der Waals surface area contributed by atoms with E-state index in [9.17, 15) is 13.2 Å². The van der Waals surface area contributed by atoms with Gasteiger partial charge in [-0.15, -0.1) is 0 Å². The van der Waals surface area contributed by atoms with E-state index in [0.717, 1.165) is 28.8 Å². The Morgan fingerprint density at radius 3 is 2.47 bits per heavy atom. The fraction of sp³-hybridized carbons (Fsp3) is 0.227. The molecule has 3 aromatic rings. The molecule has 0 saturated heterocycles. The third kappa shape index (κ3) is 3.75. The van der Waals surface area contributed by atoms with Gasteiger partial charge in [-0.1, -0.05) is 47.5 Å². The van der Waals surface area contributed by atoms with Gasteiger partial charge in [0.25, 0.3) is 0 Å². The average molecular weight is 463 g/mol. The molecule has 0 heterocycles. The molecule has 4 rings (SSSR count). The van der Waals surface area contributed by atoms with Crippen LogP contribution in [-0.4, -0.2) is 26.6 Å². The van der Waals surface area contributed by atoms with Gasteiger partial charge in [-0.2, -0.15) is 0 Å². The van der Waals surface area contributed by atoms with Gasteiger partial charge in [0.1, 0.15) is 6.04 Å². The van der Waals surface area contributed by atoms with Crippen LogP contribution in [0.1, 0.15) is 18.1 Å². The van der Waals surface area contributed by atoms with E-state index in [1.54, 1.807) is 6.07 Å². The molecule has 0 fully saturated rings. The van der Waals surface area contributed by atoms with Gasteiger partial charge in [0.15, 0.2) is 0 Å². The second-order valence-corrected chi connectivity index (χ2v) is 10.1. The Bertz CT molecular complexity index is 1260. The summed E-state index contributed by atoms with van der Waals surface area (Å²) in [6, 6.07) is 13.4. The molecule has 8 heteroatoms. The van der Waals surface area contributed by atoms with Crippen molar-refractivity contribution in [3.8, 4) is 0 Å². The summed E-state index contributed by atoms with van der Waals surface area (Å²) >= 11 is 12.3. The van der Waals surface area contributed by atoms with E-state index >= 15 is 0 Å². The van der Waals surface area contributed by atoms with Crippen molar-refractivity contribution >= 4 is 61.3 Å². The highest BCUT2D eigenvalue weighted by molar-refractivity contribution is 7.92. The van der Waals surface area contributed by atoms with Gasteiger partial charge in [-0.25, -0.2) is 8.42 Å². The number of carbonyl (C=O) groups is 1. The molecule has 0 radical (unpaired) electrons. The van der Waals surface area contributed by atoms with Crippen molar-refractivity contribution < 1.29 is 13.2 Å². The lowest BCUT2D eigenvalue weighted by Gasteiger charge is -2.29. The Balaban J connectivity index is 1.71. The van der Waals surface area contributed by atoms with Crippen molar-refractivity contribution in [2.24, 2.45) is 0 Å². The highest BCUT2D eigenvalue weighted by Gasteiger charge is 2.31. The van der Waals surface area contributed by atoms with E-state index in [1.807, 2.05) is 24.3 Å². The summed E-state index contributed by atoms with van der Waals surface area (Å²) in [4.78, 5) is 13.1. The fourth-order valence-electron chi connectivity index (χ4n) is 4.03. The first kappa shape index (κ1) is 21.0. The largest absolute Gasteiger partial charge is 0.324 e. The molecule has 0 spiro atoms. The summed E-state index contributed by atoms with van der Waals surface area (Å²) in [6.07, 6.45) is 3.00. The van der Waals surface area contributed by atoms with Crippen LogP contribution in [0.5, 0.6) is 0 Å². The number of carbonyl (C=O) groups excluding carboxylic acids is 1. The van der Waals surface area contributed by atoms with Gasteiger partial charge in [-0.3, -0.25) is 9.10 Å². The molecule has 1 aliphatic carbocycles. The lowest BCUT2D eigenvalue weighted by Crippen LogP contribution is -2.45. The monoisotopic (exact) mass is 462 g/mol. The summed E-state index contributed by atoms with van der Waals surface area (Å²) < 4.78 is 26.1. The molecule has 5 nitrogen and oxygen atoms in total. The highest BCUT2D eigenvalue weighted by atomic mass is 35.5. The first-order valence-corrected chi connectivity index (χ1v) is 12.1. The number of sulfonamides is 1. The van der Waals surface area contributed by atoms with Crippen molar-refractivity contribution in [1.29, 1.82) is 0 Å². The summed E-state index contributed by atoms with van der Waals surface area (Å²) in [5, 5.41) is 5.54. The van der Waals surface area contributed by atoms with E-state index in [0.29, 0.717) is 10.7 Å². The van der Waals surface area contributed by atoms with Crippen molar-refractivity contribution in [3.63, 3.8) is 0 Å². The molecule has 1 unspecified atom stereocenters. The third-order valence-electron chi connectivity index (χ3n) is 5.37. The summed E-state index contributed by atoms with van der Waals surface area (Å²) in [5.74, 6) is -0.463. The van der Waals surface area contributed by atoms with E-state index in [-0.39, 0.29) is 10.7 Å². The van der Waals surface area contributed by atoms with Crippen molar-refractivity contribution in [3.05, 3.63) is 69.7 Å². The van der Waals surface area contributed by atoms with Gasteiger partial charge < -0.3 is 5.32 Å². The van der Waals surface area contributed by atoms with Crippen LogP contribution in [0.25, 0.3) is 10.8 Å². The molecule has 0 saturated carbocycles. The summed E-state index contributed by atoms with van der Waals surface area (Å²) in [7, 11) is -3.81. The van der Waals surface area contributed by atoms with Crippen LogP contribution in [0.2, 0.25) is 10.0 Å². The summed E-state index contributed by atoms with van der Waals surface area (Å²) in [5.41, 5.74) is 3.33. The lowest BCUT2D eigenvalue weighted by molar-refractivity contribution is -0.116. The molecule has 30 heavy (non-hydrogen) atoms. The minimum Gasteiger partial charge on any atom is -0.324 e. The van der Waals surface area contributed by atoms with Crippen molar-refractivity contribution in [1.82, 2.24) is 0 Å². The third-order valence-corrected chi connectivity index (χ3v) is 7.15. The van der Waals surface area contributed by atoms with Crippen LogP contribution < -0.4 is 9.62 Å². The maximum absolute atomic E-state index is 13.1. The Morgan fingerprint density at radius 2 is 1.77 bits per heavy atom. The molecular formula is C22H20Cl2N2O3S. The van der Waals surface area contributed by atoms with E-state index in [1.165, 1.54) is 35.6 Å². The number of amides is 1. The predicted molar refractivity (Wildman–Crippen MR) is 123 cm³/mol. The highest BCUT2D eigenvalue weighted by Crippen LogP contribution is 2.36. The molecule has 1 atom stereocenters. The number of aryl methyl sites for hydroxylation is 2. The smallest absolute Gasteiger partial charge is 0.248 e. The molecule has 1 amide bonds. The van der Waals surface area contributed by atoms with Crippen LogP contribution in [0.15, 0.2) is 48.5 Å². The van der Waals surface area contributed by atoms with E-state index in [4.69, 9.17) is 23.2 Å². The zero-order valence-corrected chi connectivity index (χ0v) is 18.8. The molecule has 0 aromatic heterocycles. The fourth-order valence-corrected chi connectivity index (χ4v) is 5.63. The SMILES string of the molecule is CC(C(=O)Nc1ccc2c3c(cccc13)CC2)N(c1cc(Cl)ccc1Cl)S(C)(=O)=O. The van der Waals surface area contributed by atoms with Gasteiger partial charge in [-0.05, 0) is 60.5 Å². The molecule has 0 aliphatic heterocycles. The maximum atomic E-state index is 13.1. The number of hydrogen-bond donors (Lipinski definition) is 1. The van der Waals surface area contributed by atoms with Crippen LogP contribution in [-0.2, 0) is 27.7 Å². The quantitative estimate of drug-likeness (QED) is 0.577. The molecule has 1 N–H and O–H groups in total. The maximum Gasteiger partial charge on any atom is 0.248 e. The second kappa shape index (κ2) is 7.76. The molecule has 1 aliphatic rings. The normalized spacial score (nSPS) is 14.0. The van der Waals surface area contributed by atoms with Gasteiger partial charge in [0.2, 0.25) is 15.9 Å². The number of halogens is 2. The van der Waals surface area contributed by atoms with Gasteiger partial charge in [0.05, 0.1) is 17.0 Å². The number of nitrogens with one attached hydrogen (secondary N) is 1. The predicted octanol–water partition coefficient (Wildman–Crippen LogP) is 5.04. The van der Waals surface area contributed by atoms with Crippen LogP contribution in [0.3, 0.4) is 0 Å². The van der Waals surface area contributed by atoms with Gasteiger partial charge in [0, 0.05) is 16.1 Å². The molecule has 0 bridgehead atoms. The van der Waals surface area contributed by atoms with Crippen LogP contribution in [0.4, 0.5) is 11.4 Å². The van der Waals surface area contributed by atoms with Gasteiger partial charge >= 0.3 is 0 Å². The van der Waals surface area contributed by atoms with Crippen molar-refractivity contribution in [2.75, 3.05) is 15.9 Å². The Morgan fingerprint density at radius 1 is 1.07 bits per heavy atom. The number of anilines is 2. The Kier molecular flexibility index (Phi) is 5.43. The molecule has 3 aromatic carbocycles. The number of nitrogens with zero attached hydrogens (tertiary/aromatic N) is 1. The number of benzene rings is 3. The Hall–Kier alpha value is -2.28.